The number of rotatable bonds is 7. The number of anilines is 1. The van der Waals surface area contributed by atoms with Gasteiger partial charge in [-0.05, 0) is 43.5 Å². The summed E-state index contributed by atoms with van der Waals surface area (Å²) in [5.41, 5.74) is 0.262. The molecule has 1 amide bonds. The van der Waals surface area contributed by atoms with Crippen molar-refractivity contribution in [3.05, 3.63) is 30.1 Å². The average molecular weight is 358 g/mol. The van der Waals surface area contributed by atoms with Crippen LogP contribution in [0, 0.1) is 5.82 Å². The van der Waals surface area contributed by atoms with E-state index in [0.717, 1.165) is 23.4 Å². The lowest BCUT2D eigenvalue weighted by molar-refractivity contribution is -0.122. The number of carbonyl (C=O) groups is 1. The van der Waals surface area contributed by atoms with Crippen LogP contribution in [0.2, 0.25) is 0 Å². The van der Waals surface area contributed by atoms with Crippen LogP contribution < -0.4 is 9.62 Å². The lowest BCUT2D eigenvalue weighted by Gasteiger charge is -2.30. The maximum absolute atomic E-state index is 13.1. The normalized spacial score (nSPS) is 19.0. The van der Waals surface area contributed by atoms with Crippen LogP contribution in [0.5, 0.6) is 0 Å². The highest BCUT2D eigenvalue weighted by molar-refractivity contribution is 7.92. The van der Waals surface area contributed by atoms with Crippen molar-refractivity contribution in [3.8, 4) is 0 Å². The van der Waals surface area contributed by atoms with Gasteiger partial charge >= 0.3 is 0 Å². The number of sulfonamides is 1. The molecule has 0 spiro atoms. The first-order chi connectivity index (χ1) is 11.3. The molecule has 0 aromatic heterocycles. The highest BCUT2D eigenvalue weighted by Crippen LogP contribution is 2.23. The third kappa shape index (κ3) is 4.67. The zero-order valence-electron chi connectivity index (χ0n) is 13.9. The second kappa shape index (κ2) is 7.94. The number of nitrogens with one attached hydrogen (secondary N) is 1. The van der Waals surface area contributed by atoms with E-state index < -0.39 is 21.9 Å². The Kier molecular flexibility index (Phi) is 6.17. The van der Waals surface area contributed by atoms with Crippen molar-refractivity contribution in [1.82, 2.24) is 5.32 Å². The molecule has 1 N–H and O–H groups in total. The van der Waals surface area contributed by atoms with E-state index in [0.29, 0.717) is 19.6 Å². The Morgan fingerprint density at radius 3 is 2.58 bits per heavy atom. The van der Waals surface area contributed by atoms with Crippen LogP contribution in [0.15, 0.2) is 24.3 Å². The van der Waals surface area contributed by atoms with Crippen molar-refractivity contribution < 1.29 is 22.3 Å². The zero-order chi connectivity index (χ0) is 17.7. The zero-order valence-corrected chi connectivity index (χ0v) is 14.7. The summed E-state index contributed by atoms with van der Waals surface area (Å²) < 4.78 is 44.0. The summed E-state index contributed by atoms with van der Waals surface area (Å²) in [4.78, 5) is 12.5. The summed E-state index contributed by atoms with van der Waals surface area (Å²) in [6, 6.07) is 4.15. The van der Waals surface area contributed by atoms with Crippen molar-refractivity contribution >= 4 is 21.6 Å². The molecular weight excluding hydrogens is 335 g/mol. The van der Waals surface area contributed by atoms with Crippen LogP contribution in [0.3, 0.4) is 0 Å². The van der Waals surface area contributed by atoms with Gasteiger partial charge in [-0.15, -0.1) is 0 Å². The van der Waals surface area contributed by atoms with Crippen molar-refractivity contribution in [1.29, 1.82) is 0 Å². The maximum Gasteiger partial charge on any atom is 0.243 e. The van der Waals surface area contributed by atoms with E-state index in [1.807, 2.05) is 0 Å². The molecule has 0 unspecified atom stereocenters. The monoisotopic (exact) mass is 358 g/mol. The number of hydrogen-bond acceptors (Lipinski definition) is 4. The Labute approximate surface area is 142 Å². The molecule has 0 radical (unpaired) electrons. The number of hydrogen-bond donors (Lipinski definition) is 1. The molecule has 24 heavy (non-hydrogen) atoms. The standard InChI is InChI=1S/C16H23FN2O4S/c1-3-15(16(20)18-11-14-5-4-10-23-14)19(24(2,21)22)13-8-6-12(17)7-9-13/h6-9,14-15H,3-5,10-11H2,1-2H3,(H,18,20)/t14-,15-/m0/s1. The molecule has 1 aromatic rings. The second-order valence-corrected chi connectivity index (χ2v) is 7.70. The lowest BCUT2D eigenvalue weighted by atomic mass is 10.1. The summed E-state index contributed by atoms with van der Waals surface area (Å²) in [7, 11) is -3.71. The molecule has 1 saturated heterocycles. The molecule has 134 valence electrons. The Morgan fingerprint density at radius 2 is 2.08 bits per heavy atom. The largest absolute Gasteiger partial charge is 0.376 e. The second-order valence-electron chi connectivity index (χ2n) is 5.84. The van der Waals surface area contributed by atoms with Crippen molar-refractivity contribution in [2.45, 2.75) is 38.3 Å². The molecular formula is C16H23FN2O4S. The first kappa shape index (κ1) is 18.7. The minimum Gasteiger partial charge on any atom is -0.376 e. The molecule has 6 nitrogen and oxygen atoms in total. The SMILES string of the molecule is CC[C@@H](C(=O)NC[C@@H]1CCCO1)N(c1ccc(F)cc1)S(C)(=O)=O. The summed E-state index contributed by atoms with van der Waals surface area (Å²) in [5, 5.41) is 2.77. The number of halogens is 1. The van der Waals surface area contributed by atoms with Crippen LogP contribution in [0.1, 0.15) is 26.2 Å². The summed E-state index contributed by atoms with van der Waals surface area (Å²) in [5.74, 6) is -0.856. The van der Waals surface area contributed by atoms with E-state index in [4.69, 9.17) is 4.74 Å². The molecule has 2 rings (SSSR count). The van der Waals surface area contributed by atoms with Crippen LogP contribution in [0.4, 0.5) is 10.1 Å². The van der Waals surface area contributed by atoms with E-state index in [9.17, 15) is 17.6 Å². The van der Waals surface area contributed by atoms with Gasteiger partial charge < -0.3 is 10.1 Å². The predicted octanol–water partition coefficient (Wildman–Crippen LogP) is 1.67. The quantitative estimate of drug-likeness (QED) is 0.804. The van der Waals surface area contributed by atoms with E-state index in [1.165, 1.54) is 24.3 Å². The van der Waals surface area contributed by atoms with Gasteiger partial charge in [0.05, 0.1) is 18.0 Å². The van der Waals surface area contributed by atoms with Crippen LogP contribution in [-0.4, -0.2) is 45.9 Å². The van der Waals surface area contributed by atoms with Crippen LogP contribution in [-0.2, 0) is 19.6 Å². The van der Waals surface area contributed by atoms with Gasteiger partial charge in [-0.2, -0.15) is 0 Å². The molecule has 1 aliphatic rings. The highest BCUT2D eigenvalue weighted by Gasteiger charge is 2.31. The van der Waals surface area contributed by atoms with E-state index in [2.05, 4.69) is 5.32 Å². The number of ether oxygens (including phenoxy) is 1. The van der Waals surface area contributed by atoms with Gasteiger partial charge in [0.25, 0.3) is 0 Å². The Morgan fingerprint density at radius 1 is 1.42 bits per heavy atom. The Bertz CT molecular complexity index is 657. The van der Waals surface area contributed by atoms with Gasteiger partial charge in [0.15, 0.2) is 0 Å². The van der Waals surface area contributed by atoms with Crippen LogP contribution >= 0.6 is 0 Å². The third-order valence-electron chi connectivity index (χ3n) is 3.94. The minimum atomic E-state index is -3.71. The van der Waals surface area contributed by atoms with E-state index >= 15 is 0 Å². The minimum absolute atomic E-state index is 0.0241. The fourth-order valence-corrected chi connectivity index (χ4v) is 4.00. The van der Waals surface area contributed by atoms with Gasteiger partial charge in [-0.3, -0.25) is 9.10 Å². The Hall–Kier alpha value is -1.67. The summed E-state index contributed by atoms with van der Waals surface area (Å²) in [6.07, 6.45) is 3.14. The first-order valence-corrected chi connectivity index (χ1v) is 9.82. The van der Waals surface area contributed by atoms with E-state index in [1.54, 1.807) is 6.92 Å². The smallest absolute Gasteiger partial charge is 0.243 e. The highest BCUT2D eigenvalue weighted by atomic mass is 32.2. The number of carbonyl (C=O) groups excluding carboxylic acids is 1. The van der Waals surface area contributed by atoms with Crippen molar-refractivity contribution in [3.63, 3.8) is 0 Å². The molecule has 0 saturated carbocycles. The fourth-order valence-electron chi connectivity index (χ4n) is 2.79. The first-order valence-electron chi connectivity index (χ1n) is 7.97. The van der Waals surface area contributed by atoms with Gasteiger partial charge in [-0.25, -0.2) is 12.8 Å². The number of amides is 1. The molecule has 1 heterocycles. The molecule has 1 aliphatic heterocycles. The third-order valence-corrected chi connectivity index (χ3v) is 5.12. The van der Waals surface area contributed by atoms with Crippen molar-refractivity contribution in [2.75, 3.05) is 23.7 Å². The van der Waals surface area contributed by atoms with Crippen LogP contribution in [0.25, 0.3) is 0 Å². The maximum atomic E-state index is 13.1. The molecule has 1 fully saturated rings. The fraction of sp³-hybridized carbons (Fsp3) is 0.562. The molecule has 8 heteroatoms. The molecule has 0 aliphatic carbocycles. The van der Waals surface area contributed by atoms with E-state index in [-0.39, 0.29) is 17.7 Å². The Balaban J connectivity index is 2.18. The lowest BCUT2D eigenvalue weighted by Crippen LogP contribution is -2.50. The van der Waals surface area contributed by atoms with Gasteiger partial charge in [0.1, 0.15) is 11.9 Å². The topological polar surface area (TPSA) is 75.7 Å². The van der Waals surface area contributed by atoms with Gasteiger partial charge in [0, 0.05) is 13.2 Å². The number of nitrogens with zero attached hydrogens (tertiary/aromatic N) is 1. The van der Waals surface area contributed by atoms with Crippen molar-refractivity contribution in [2.24, 2.45) is 0 Å². The molecule has 0 bridgehead atoms. The summed E-state index contributed by atoms with van der Waals surface area (Å²) in [6.45, 7) is 2.77. The van der Waals surface area contributed by atoms with Gasteiger partial charge in [-0.1, -0.05) is 6.92 Å². The number of benzene rings is 1. The average Bonchev–Trinajstić information content (AvgIpc) is 3.03. The molecule has 2 atom stereocenters. The summed E-state index contributed by atoms with van der Waals surface area (Å²) >= 11 is 0. The predicted molar refractivity (Wildman–Crippen MR) is 89.8 cm³/mol. The van der Waals surface area contributed by atoms with Gasteiger partial charge in [0.2, 0.25) is 15.9 Å². The molecule has 1 aromatic carbocycles.